The summed E-state index contributed by atoms with van der Waals surface area (Å²) < 4.78 is 1.20. The smallest absolute Gasteiger partial charge is 0.191 e. The quantitative estimate of drug-likeness (QED) is 0.345. The van der Waals surface area contributed by atoms with Gasteiger partial charge in [0.25, 0.3) is 0 Å². The Balaban J connectivity index is 1.36. The standard InChI is InChI=1S/C18H22N6S/c1-19-17(21-11-9-14-6-4-5-10-20-14)22-12-13-23-18-24-15-7-2-3-8-16(15)25-18/h2-8,10H,9,11-13H2,1H3,(H,23,24)(H2,19,21,22). The molecule has 3 aromatic rings. The highest BCUT2D eigenvalue weighted by Gasteiger charge is 2.02. The second kappa shape index (κ2) is 8.98. The van der Waals surface area contributed by atoms with E-state index < -0.39 is 0 Å². The molecule has 0 fully saturated rings. The van der Waals surface area contributed by atoms with Gasteiger partial charge in [0.1, 0.15) is 0 Å². The largest absolute Gasteiger partial charge is 0.360 e. The molecule has 1 aromatic carbocycles. The number of hydrogen-bond acceptors (Lipinski definition) is 5. The molecule has 0 atom stereocenters. The molecule has 0 spiro atoms. The third kappa shape index (κ3) is 5.15. The first kappa shape index (κ1) is 17.2. The number of fused-ring (bicyclic) bond motifs is 1. The number of guanidine groups is 1. The Morgan fingerprint density at radius 1 is 1.04 bits per heavy atom. The molecule has 3 rings (SSSR count). The fourth-order valence-corrected chi connectivity index (χ4v) is 3.27. The van der Waals surface area contributed by atoms with E-state index >= 15 is 0 Å². The lowest BCUT2D eigenvalue weighted by Gasteiger charge is -2.11. The maximum atomic E-state index is 4.56. The average molecular weight is 354 g/mol. The molecule has 0 radical (unpaired) electrons. The van der Waals surface area contributed by atoms with Gasteiger partial charge < -0.3 is 16.0 Å². The molecule has 2 heterocycles. The van der Waals surface area contributed by atoms with E-state index in [1.807, 2.05) is 42.6 Å². The van der Waals surface area contributed by atoms with Crippen LogP contribution in [0.4, 0.5) is 5.13 Å². The molecule has 0 bridgehead atoms. The molecule has 0 saturated heterocycles. The minimum Gasteiger partial charge on any atom is -0.360 e. The predicted molar refractivity (Wildman–Crippen MR) is 105 cm³/mol. The highest BCUT2D eigenvalue weighted by atomic mass is 32.1. The molecule has 0 aliphatic heterocycles. The summed E-state index contributed by atoms with van der Waals surface area (Å²) in [5, 5.41) is 10.9. The molecule has 0 aliphatic rings. The van der Waals surface area contributed by atoms with E-state index in [1.165, 1.54) is 4.70 Å². The molecule has 0 unspecified atom stereocenters. The van der Waals surface area contributed by atoms with Crippen molar-refractivity contribution in [3.8, 4) is 0 Å². The van der Waals surface area contributed by atoms with Gasteiger partial charge in [-0.05, 0) is 24.3 Å². The second-order valence-corrected chi connectivity index (χ2v) is 6.44. The lowest BCUT2D eigenvalue weighted by molar-refractivity contribution is 0.787. The van der Waals surface area contributed by atoms with Crippen LogP contribution in [0.1, 0.15) is 5.69 Å². The molecular formula is C18H22N6S. The van der Waals surface area contributed by atoms with Crippen LogP contribution < -0.4 is 16.0 Å². The molecule has 130 valence electrons. The maximum absolute atomic E-state index is 4.56. The average Bonchev–Trinajstić information content (AvgIpc) is 3.07. The SMILES string of the molecule is CN=C(NCCNc1nc2ccccc2s1)NCCc1ccccn1. The number of nitrogens with one attached hydrogen (secondary N) is 3. The summed E-state index contributed by atoms with van der Waals surface area (Å²) in [6.07, 6.45) is 2.68. The Hall–Kier alpha value is -2.67. The molecule has 0 aliphatic carbocycles. The topological polar surface area (TPSA) is 74.2 Å². The summed E-state index contributed by atoms with van der Waals surface area (Å²) in [6.45, 7) is 2.34. The van der Waals surface area contributed by atoms with E-state index in [4.69, 9.17) is 0 Å². The monoisotopic (exact) mass is 354 g/mol. The minimum absolute atomic E-state index is 0.763. The zero-order valence-corrected chi connectivity index (χ0v) is 15.0. The van der Waals surface area contributed by atoms with Gasteiger partial charge in [-0.2, -0.15) is 0 Å². The summed E-state index contributed by atoms with van der Waals surface area (Å²) in [4.78, 5) is 13.1. The van der Waals surface area contributed by atoms with Gasteiger partial charge in [-0.1, -0.05) is 29.5 Å². The van der Waals surface area contributed by atoms with Crippen LogP contribution in [0, 0.1) is 0 Å². The zero-order valence-electron chi connectivity index (χ0n) is 14.2. The van der Waals surface area contributed by atoms with Crippen LogP contribution in [0.5, 0.6) is 0 Å². The zero-order chi connectivity index (χ0) is 17.3. The summed E-state index contributed by atoms with van der Waals surface area (Å²) >= 11 is 1.67. The van der Waals surface area contributed by atoms with Crippen LogP contribution in [-0.2, 0) is 6.42 Å². The van der Waals surface area contributed by atoms with E-state index in [2.05, 4.69) is 37.0 Å². The van der Waals surface area contributed by atoms with Crippen LogP contribution in [0.15, 0.2) is 53.7 Å². The summed E-state index contributed by atoms with van der Waals surface area (Å²) in [6, 6.07) is 14.1. The third-order valence-corrected chi connectivity index (χ3v) is 4.61. The summed E-state index contributed by atoms with van der Waals surface area (Å²) in [5.74, 6) is 0.794. The van der Waals surface area contributed by atoms with Crippen molar-refractivity contribution < 1.29 is 0 Å². The number of nitrogens with zero attached hydrogens (tertiary/aromatic N) is 3. The van der Waals surface area contributed by atoms with E-state index in [-0.39, 0.29) is 0 Å². The molecule has 25 heavy (non-hydrogen) atoms. The number of pyridine rings is 1. The fourth-order valence-electron chi connectivity index (χ4n) is 2.37. The van der Waals surface area contributed by atoms with Crippen molar-refractivity contribution in [3.63, 3.8) is 0 Å². The maximum Gasteiger partial charge on any atom is 0.191 e. The summed E-state index contributed by atoms with van der Waals surface area (Å²) in [5.41, 5.74) is 2.11. The van der Waals surface area contributed by atoms with Gasteiger partial charge in [0.05, 0.1) is 10.2 Å². The Bertz CT molecular complexity index is 782. The summed E-state index contributed by atoms with van der Waals surface area (Å²) in [7, 11) is 1.77. The lowest BCUT2D eigenvalue weighted by Crippen LogP contribution is -2.40. The van der Waals surface area contributed by atoms with Gasteiger partial charge >= 0.3 is 0 Å². The number of benzene rings is 1. The predicted octanol–water partition coefficient (Wildman–Crippen LogP) is 2.51. The normalized spacial score (nSPS) is 11.5. The molecule has 7 heteroatoms. The van der Waals surface area contributed by atoms with Crippen molar-refractivity contribution in [2.45, 2.75) is 6.42 Å². The molecule has 0 amide bonds. The molecule has 0 saturated carbocycles. The van der Waals surface area contributed by atoms with Crippen molar-refractivity contribution in [3.05, 3.63) is 54.4 Å². The van der Waals surface area contributed by atoms with E-state index in [0.717, 1.165) is 48.4 Å². The minimum atomic E-state index is 0.763. The number of aliphatic imine (C=N–C) groups is 1. The number of thiazole rings is 1. The van der Waals surface area contributed by atoms with Gasteiger partial charge in [0.2, 0.25) is 0 Å². The van der Waals surface area contributed by atoms with E-state index in [1.54, 1.807) is 18.4 Å². The van der Waals surface area contributed by atoms with Gasteiger partial charge in [-0.25, -0.2) is 4.98 Å². The van der Waals surface area contributed by atoms with Crippen molar-refractivity contribution in [1.29, 1.82) is 0 Å². The van der Waals surface area contributed by atoms with Crippen LogP contribution in [0.25, 0.3) is 10.2 Å². The highest BCUT2D eigenvalue weighted by molar-refractivity contribution is 7.22. The number of para-hydroxylation sites is 1. The third-order valence-electron chi connectivity index (χ3n) is 3.61. The molecule has 3 N–H and O–H groups in total. The van der Waals surface area contributed by atoms with Crippen LogP contribution >= 0.6 is 11.3 Å². The van der Waals surface area contributed by atoms with Crippen LogP contribution in [-0.4, -0.2) is 42.6 Å². The molecule has 2 aromatic heterocycles. The number of hydrogen-bond donors (Lipinski definition) is 3. The van der Waals surface area contributed by atoms with Gasteiger partial charge in [-0.15, -0.1) is 0 Å². The molecule has 6 nitrogen and oxygen atoms in total. The molecular weight excluding hydrogens is 332 g/mol. The van der Waals surface area contributed by atoms with Crippen LogP contribution in [0.2, 0.25) is 0 Å². The van der Waals surface area contributed by atoms with E-state index in [0.29, 0.717) is 0 Å². The van der Waals surface area contributed by atoms with Crippen molar-refractivity contribution in [2.24, 2.45) is 4.99 Å². The van der Waals surface area contributed by atoms with Crippen molar-refractivity contribution in [1.82, 2.24) is 20.6 Å². The van der Waals surface area contributed by atoms with E-state index in [9.17, 15) is 0 Å². The van der Waals surface area contributed by atoms with Gasteiger partial charge in [-0.3, -0.25) is 9.98 Å². The van der Waals surface area contributed by atoms with Gasteiger partial charge in [0, 0.05) is 45.0 Å². The van der Waals surface area contributed by atoms with Crippen LogP contribution in [0.3, 0.4) is 0 Å². The fraction of sp³-hybridized carbons (Fsp3) is 0.278. The van der Waals surface area contributed by atoms with Crippen molar-refractivity contribution >= 4 is 32.6 Å². The first-order valence-electron chi connectivity index (χ1n) is 8.29. The first-order valence-corrected chi connectivity index (χ1v) is 9.10. The lowest BCUT2D eigenvalue weighted by atomic mass is 10.3. The number of rotatable bonds is 7. The Morgan fingerprint density at radius 2 is 1.88 bits per heavy atom. The highest BCUT2D eigenvalue weighted by Crippen LogP contribution is 2.24. The number of anilines is 1. The number of aromatic nitrogens is 2. The first-order chi connectivity index (χ1) is 12.3. The van der Waals surface area contributed by atoms with Crippen molar-refractivity contribution in [2.75, 3.05) is 32.0 Å². The Kier molecular flexibility index (Phi) is 6.17. The Labute approximate surface area is 151 Å². The Morgan fingerprint density at radius 3 is 2.68 bits per heavy atom. The van der Waals surface area contributed by atoms with Gasteiger partial charge in [0.15, 0.2) is 11.1 Å². The second-order valence-electron chi connectivity index (χ2n) is 5.41.